The minimum absolute atomic E-state index is 0.154. The van der Waals surface area contributed by atoms with Crippen LogP contribution in [-0.2, 0) is 0 Å². The first kappa shape index (κ1) is 10.4. The van der Waals surface area contributed by atoms with E-state index in [1.807, 2.05) is 31.2 Å². The van der Waals surface area contributed by atoms with Crippen LogP contribution in [0.25, 0.3) is 10.8 Å². The molecule has 2 aromatic rings. The molecule has 0 radical (unpaired) electrons. The van der Waals surface area contributed by atoms with E-state index >= 15 is 0 Å². The van der Waals surface area contributed by atoms with Gasteiger partial charge in [-0.25, -0.2) is 4.98 Å². The summed E-state index contributed by atoms with van der Waals surface area (Å²) in [5.74, 6) is 0.154. The molecule has 1 aromatic heterocycles. The van der Waals surface area contributed by atoms with E-state index in [2.05, 4.69) is 4.98 Å². The largest absolute Gasteiger partial charge is 0.396 e. The van der Waals surface area contributed by atoms with Crippen LogP contribution in [0.5, 0.6) is 0 Å². The molecule has 0 unspecified atom stereocenters. The number of halogens is 1. The third-order valence-electron chi connectivity index (χ3n) is 2.56. The molecule has 0 aliphatic heterocycles. The maximum atomic E-state index is 9.08. The Morgan fingerprint density at radius 2 is 2.13 bits per heavy atom. The SMILES string of the molecule is C[C@@H](CO)c1ccc2cnc(Cl)cc2c1. The van der Waals surface area contributed by atoms with E-state index in [4.69, 9.17) is 16.7 Å². The van der Waals surface area contributed by atoms with Crippen molar-refractivity contribution in [1.82, 2.24) is 4.98 Å². The lowest BCUT2D eigenvalue weighted by molar-refractivity contribution is 0.273. The van der Waals surface area contributed by atoms with Crippen LogP contribution < -0.4 is 0 Å². The summed E-state index contributed by atoms with van der Waals surface area (Å²) in [5, 5.41) is 11.7. The number of pyridine rings is 1. The smallest absolute Gasteiger partial charge is 0.129 e. The van der Waals surface area contributed by atoms with Crippen molar-refractivity contribution in [2.45, 2.75) is 12.8 Å². The zero-order valence-electron chi connectivity index (χ0n) is 8.44. The van der Waals surface area contributed by atoms with Crippen molar-refractivity contribution in [3.63, 3.8) is 0 Å². The summed E-state index contributed by atoms with van der Waals surface area (Å²) in [6.07, 6.45) is 1.76. The predicted octanol–water partition coefficient (Wildman–Crippen LogP) is 2.98. The monoisotopic (exact) mass is 221 g/mol. The standard InChI is InChI=1S/C12H12ClNO/c1-8(7-15)9-2-3-10-6-14-12(13)5-11(10)4-9/h2-6,8,15H,7H2,1H3/t8-/m0/s1. The molecule has 1 aromatic carbocycles. The number of hydrogen-bond donors (Lipinski definition) is 1. The summed E-state index contributed by atoms with van der Waals surface area (Å²) in [5.41, 5.74) is 1.12. The molecule has 3 heteroatoms. The summed E-state index contributed by atoms with van der Waals surface area (Å²) >= 11 is 5.82. The lowest BCUT2D eigenvalue weighted by Gasteiger charge is -2.09. The van der Waals surface area contributed by atoms with E-state index in [0.29, 0.717) is 5.15 Å². The van der Waals surface area contributed by atoms with Gasteiger partial charge in [0.25, 0.3) is 0 Å². The average Bonchev–Trinajstić information content (AvgIpc) is 2.27. The quantitative estimate of drug-likeness (QED) is 0.791. The molecule has 0 saturated heterocycles. The molecule has 0 fully saturated rings. The van der Waals surface area contributed by atoms with Gasteiger partial charge in [-0.15, -0.1) is 0 Å². The number of nitrogens with zero attached hydrogens (tertiary/aromatic N) is 1. The molecule has 1 heterocycles. The van der Waals surface area contributed by atoms with Crippen molar-refractivity contribution in [3.05, 3.63) is 41.2 Å². The maximum Gasteiger partial charge on any atom is 0.129 e. The topological polar surface area (TPSA) is 33.1 Å². The maximum absolute atomic E-state index is 9.08. The second kappa shape index (κ2) is 4.17. The van der Waals surface area contributed by atoms with Gasteiger partial charge in [0.1, 0.15) is 5.15 Å². The van der Waals surface area contributed by atoms with Gasteiger partial charge in [-0.2, -0.15) is 0 Å². The van der Waals surface area contributed by atoms with Crippen LogP contribution >= 0.6 is 11.6 Å². The van der Waals surface area contributed by atoms with Crippen molar-refractivity contribution in [2.75, 3.05) is 6.61 Å². The molecular weight excluding hydrogens is 210 g/mol. The third-order valence-corrected chi connectivity index (χ3v) is 2.76. The lowest BCUT2D eigenvalue weighted by Crippen LogP contribution is -1.98. The fourth-order valence-corrected chi connectivity index (χ4v) is 1.71. The first-order valence-corrected chi connectivity index (χ1v) is 5.24. The fourth-order valence-electron chi connectivity index (χ4n) is 1.54. The van der Waals surface area contributed by atoms with Crippen LogP contribution in [0.1, 0.15) is 18.4 Å². The Bertz CT molecular complexity index is 484. The molecule has 1 N–H and O–H groups in total. The lowest BCUT2D eigenvalue weighted by atomic mass is 9.99. The van der Waals surface area contributed by atoms with E-state index in [-0.39, 0.29) is 12.5 Å². The van der Waals surface area contributed by atoms with Crippen LogP contribution in [0.2, 0.25) is 5.15 Å². The Balaban J connectivity index is 2.54. The normalized spacial score (nSPS) is 13.0. The van der Waals surface area contributed by atoms with E-state index in [9.17, 15) is 0 Å². The van der Waals surface area contributed by atoms with Gasteiger partial charge in [0.15, 0.2) is 0 Å². The summed E-state index contributed by atoms with van der Waals surface area (Å²) < 4.78 is 0. The predicted molar refractivity (Wildman–Crippen MR) is 62.3 cm³/mol. The molecular formula is C12H12ClNO. The van der Waals surface area contributed by atoms with Crippen molar-refractivity contribution in [2.24, 2.45) is 0 Å². The third kappa shape index (κ3) is 2.11. The zero-order valence-corrected chi connectivity index (χ0v) is 9.20. The van der Waals surface area contributed by atoms with Crippen LogP contribution in [0, 0.1) is 0 Å². The Morgan fingerprint density at radius 1 is 1.33 bits per heavy atom. The van der Waals surface area contributed by atoms with Crippen molar-refractivity contribution < 1.29 is 5.11 Å². The number of fused-ring (bicyclic) bond motifs is 1. The molecule has 78 valence electrons. The molecule has 1 atom stereocenters. The second-order valence-electron chi connectivity index (χ2n) is 3.70. The van der Waals surface area contributed by atoms with Gasteiger partial charge in [-0.05, 0) is 17.0 Å². The summed E-state index contributed by atoms with van der Waals surface area (Å²) in [7, 11) is 0. The van der Waals surface area contributed by atoms with Crippen LogP contribution in [0.4, 0.5) is 0 Å². The first-order chi connectivity index (χ1) is 7.20. The number of rotatable bonds is 2. The minimum atomic E-state index is 0.154. The van der Waals surface area contributed by atoms with Gasteiger partial charge in [-0.1, -0.05) is 36.7 Å². The Labute approximate surface area is 93.5 Å². The highest BCUT2D eigenvalue weighted by molar-refractivity contribution is 6.30. The van der Waals surface area contributed by atoms with Gasteiger partial charge in [0.05, 0.1) is 0 Å². The molecule has 0 aliphatic rings. The minimum Gasteiger partial charge on any atom is -0.396 e. The summed E-state index contributed by atoms with van der Waals surface area (Å²) in [6.45, 7) is 2.15. The van der Waals surface area contributed by atoms with E-state index in [0.717, 1.165) is 16.3 Å². The molecule has 15 heavy (non-hydrogen) atoms. The molecule has 0 aliphatic carbocycles. The Hall–Kier alpha value is -1.12. The fraction of sp³-hybridized carbons (Fsp3) is 0.250. The summed E-state index contributed by atoms with van der Waals surface area (Å²) in [4.78, 5) is 4.02. The molecule has 2 nitrogen and oxygen atoms in total. The molecule has 2 rings (SSSR count). The molecule has 0 saturated carbocycles. The van der Waals surface area contributed by atoms with Gasteiger partial charge >= 0.3 is 0 Å². The highest BCUT2D eigenvalue weighted by Gasteiger charge is 2.04. The van der Waals surface area contributed by atoms with Gasteiger partial charge in [0.2, 0.25) is 0 Å². The van der Waals surface area contributed by atoms with Crippen LogP contribution in [0.3, 0.4) is 0 Å². The zero-order chi connectivity index (χ0) is 10.8. The van der Waals surface area contributed by atoms with E-state index < -0.39 is 0 Å². The number of aromatic nitrogens is 1. The van der Waals surface area contributed by atoms with E-state index in [1.54, 1.807) is 6.20 Å². The second-order valence-corrected chi connectivity index (χ2v) is 4.08. The van der Waals surface area contributed by atoms with Crippen molar-refractivity contribution in [1.29, 1.82) is 0 Å². The first-order valence-electron chi connectivity index (χ1n) is 4.87. The van der Waals surface area contributed by atoms with Gasteiger partial charge < -0.3 is 5.11 Å². The highest BCUT2D eigenvalue weighted by Crippen LogP contribution is 2.22. The van der Waals surface area contributed by atoms with Gasteiger partial charge in [-0.3, -0.25) is 0 Å². The number of hydrogen-bond acceptors (Lipinski definition) is 2. The van der Waals surface area contributed by atoms with Crippen LogP contribution in [0.15, 0.2) is 30.5 Å². The number of aliphatic hydroxyl groups is 1. The number of aliphatic hydroxyl groups excluding tert-OH is 1. The van der Waals surface area contributed by atoms with Crippen molar-refractivity contribution in [3.8, 4) is 0 Å². The van der Waals surface area contributed by atoms with Gasteiger partial charge in [0, 0.05) is 24.1 Å². The Kier molecular flexibility index (Phi) is 2.89. The highest BCUT2D eigenvalue weighted by atomic mass is 35.5. The molecule has 0 spiro atoms. The molecule has 0 amide bonds. The van der Waals surface area contributed by atoms with Crippen LogP contribution in [-0.4, -0.2) is 16.7 Å². The summed E-state index contributed by atoms with van der Waals surface area (Å²) in [6, 6.07) is 7.90. The molecule has 0 bridgehead atoms. The average molecular weight is 222 g/mol. The Morgan fingerprint density at radius 3 is 2.87 bits per heavy atom. The van der Waals surface area contributed by atoms with E-state index in [1.165, 1.54) is 0 Å². The number of benzene rings is 1. The van der Waals surface area contributed by atoms with Crippen molar-refractivity contribution >= 4 is 22.4 Å².